The van der Waals surface area contributed by atoms with E-state index in [9.17, 15) is 4.79 Å². The van der Waals surface area contributed by atoms with Gasteiger partial charge in [0.2, 0.25) is 5.91 Å². The second kappa shape index (κ2) is 6.25. The van der Waals surface area contributed by atoms with Gasteiger partial charge in [0.05, 0.1) is 5.92 Å². The van der Waals surface area contributed by atoms with E-state index in [2.05, 4.69) is 35.6 Å². The van der Waals surface area contributed by atoms with Gasteiger partial charge in [0.1, 0.15) is 0 Å². The molecule has 3 aliphatic heterocycles. The number of likely N-dealkylation sites (tertiary alicyclic amines) is 2. The molecule has 3 unspecified atom stereocenters. The van der Waals surface area contributed by atoms with Crippen molar-refractivity contribution in [3.05, 3.63) is 0 Å². The minimum Gasteiger partial charge on any atom is -0.341 e. The van der Waals surface area contributed by atoms with Crippen molar-refractivity contribution in [2.24, 2.45) is 11.8 Å². The first-order valence-corrected chi connectivity index (χ1v) is 8.77. The molecule has 1 amide bonds. The van der Waals surface area contributed by atoms with Crippen molar-refractivity contribution in [3.63, 3.8) is 0 Å². The molecule has 3 aliphatic rings. The van der Waals surface area contributed by atoms with Crippen LogP contribution in [-0.4, -0.2) is 72.5 Å². The minimum absolute atomic E-state index is 0.255. The van der Waals surface area contributed by atoms with Gasteiger partial charge in [-0.2, -0.15) is 0 Å². The van der Waals surface area contributed by atoms with Crippen molar-refractivity contribution in [3.8, 4) is 0 Å². The fraction of sp³-hybridized carbons (Fsp3) is 0.941. The highest BCUT2D eigenvalue weighted by Gasteiger charge is 2.38. The Hall–Kier alpha value is -0.610. The first-order valence-electron chi connectivity index (χ1n) is 8.77. The molecule has 3 saturated heterocycles. The van der Waals surface area contributed by atoms with Crippen LogP contribution < -0.4 is 0 Å². The fourth-order valence-corrected chi connectivity index (χ4v) is 4.48. The summed E-state index contributed by atoms with van der Waals surface area (Å²) in [5, 5.41) is 0. The zero-order chi connectivity index (χ0) is 15.0. The number of likely N-dealkylation sites (N-methyl/N-ethyl adjacent to an activating group) is 1. The van der Waals surface area contributed by atoms with Gasteiger partial charge >= 0.3 is 0 Å². The van der Waals surface area contributed by atoms with Crippen molar-refractivity contribution >= 4 is 5.91 Å². The number of fused-ring (bicyclic) bond motifs is 2. The Bertz CT molecular complexity index is 384. The summed E-state index contributed by atoms with van der Waals surface area (Å²) in [5.41, 5.74) is 0. The molecule has 0 aliphatic carbocycles. The molecule has 0 aromatic carbocycles. The summed E-state index contributed by atoms with van der Waals surface area (Å²) in [7, 11) is 2.25. The second-order valence-corrected chi connectivity index (χ2v) is 7.76. The standard InChI is InChI=1S/C17H31N3O/c1-13(2)10-19-8-6-14(11-19)17(21)20-9-7-15-4-5-16(12-20)18(15)3/h13-16H,4-12H2,1-3H3. The molecular weight excluding hydrogens is 262 g/mol. The van der Waals surface area contributed by atoms with Crippen LogP contribution in [0.4, 0.5) is 0 Å². The van der Waals surface area contributed by atoms with E-state index < -0.39 is 0 Å². The van der Waals surface area contributed by atoms with Gasteiger partial charge < -0.3 is 9.80 Å². The van der Waals surface area contributed by atoms with E-state index in [4.69, 9.17) is 0 Å². The number of amides is 1. The predicted molar refractivity (Wildman–Crippen MR) is 85.2 cm³/mol. The maximum atomic E-state index is 12.8. The lowest BCUT2D eigenvalue weighted by Gasteiger charge is -2.28. The molecule has 0 spiro atoms. The molecule has 0 N–H and O–H groups in total. The fourth-order valence-electron chi connectivity index (χ4n) is 4.48. The lowest BCUT2D eigenvalue weighted by Crippen LogP contribution is -2.43. The Morgan fingerprint density at radius 1 is 1.05 bits per heavy atom. The van der Waals surface area contributed by atoms with Crippen molar-refractivity contribution in [2.45, 2.75) is 51.6 Å². The van der Waals surface area contributed by atoms with Gasteiger partial charge in [-0.15, -0.1) is 0 Å². The Kier molecular flexibility index (Phi) is 4.55. The average molecular weight is 293 g/mol. The van der Waals surface area contributed by atoms with Gasteiger partial charge in [-0.25, -0.2) is 0 Å². The van der Waals surface area contributed by atoms with Crippen LogP contribution in [0.25, 0.3) is 0 Å². The van der Waals surface area contributed by atoms with Crippen molar-refractivity contribution < 1.29 is 4.79 Å². The van der Waals surface area contributed by atoms with Crippen molar-refractivity contribution in [1.82, 2.24) is 14.7 Å². The third kappa shape index (κ3) is 3.26. The molecule has 0 aromatic heterocycles. The molecule has 4 nitrogen and oxygen atoms in total. The number of hydrogen-bond acceptors (Lipinski definition) is 3. The molecule has 2 bridgehead atoms. The van der Waals surface area contributed by atoms with Gasteiger partial charge in [-0.05, 0) is 45.2 Å². The molecule has 0 saturated carbocycles. The van der Waals surface area contributed by atoms with Gasteiger partial charge in [-0.1, -0.05) is 13.8 Å². The Labute approximate surface area is 129 Å². The van der Waals surface area contributed by atoms with Crippen molar-refractivity contribution in [1.29, 1.82) is 0 Å². The number of hydrogen-bond donors (Lipinski definition) is 0. The molecule has 3 rings (SSSR count). The molecule has 0 radical (unpaired) electrons. The topological polar surface area (TPSA) is 26.8 Å². The molecule has 0 aromatic rings. The van der Waals surface area contributed by atoms with E-state index in [-0.39, 0.29) is 5.92 Å². The molecule has 3 fully saturated rings. The SMILES string of the molecule is CC(C)CN1CCC(C(=O)N2CCC3CCC(C2)N3C)C1. The van der Waals surface area contributed by atoms with E-state index in [0.29, 0.717) is 23.9 Å². The zero-order valence-electron chi connectivity index (χ0n) is 13.9. The summed E-state index contributed by atoms with van der Waals surface area (Å²) in [5.74, 6) is 1.38. The van der Waals surface area contributed by atoms with E-state index in [0.717, 1.165) is 39.1 Å². The maximum Gasteiger partial charge on any atom is 0.227 e. The normalized spacial score (nSPS) is 34.7. The number of carbonyl (C=O) groups excluding carboxylic acids is 1. The van der Waals surface area contributed by atoms with Crippen LogP contribution >= 0.6 is 0 Å². The van der Waals surface area contributed by atoms with Gasteiger partial charge in [0, 0.05) is 38.3 Å². The summed E-state index contributed by atoms with van der Waals surface area (Å²) < 4.78 is 0. The van der Waals surface area contributed by atoms with E-state index in [1.54, 1.807) is 0 Å². The summed E-state index contributed by atoms with van der Waals surface area (Å²) in [6, 6.07) is 1.32. The predicted octanol–water partition coefficient (Wildman–Crippen LogP) is 1.66. The molecule has 3 heterocycles. The number of carbonyl (C=O) groups is 1. The van der Waals surface area contributed by atoms with E-state index in [1.807, 2.05) is 0 Å². The van der Waals surface area contributed by atoms with Gasteiger partial charge in [0.15, 0.2) is 0 Å². The van der Waals surface area contributed by atoms with Crippen LogP contribution in [0.15, 0.2) is 0 Å². The highest BCUT2D eigenvalue weighted by molar-refractivity contribution is 5.79. The van der Waals surface area contributed by atoms with Crippen LogP contribution in [0.5, 0.6) is 0 Å². The van der Waals surface area contributed by atoms with Gasteiger partial charge in [-0.3, -0.25) is 9.69 Å². The first-order chi connectivity index (χ1) is 10.0. The van der Waals surface area contributed by atoms with Crippen molar-refractivity contribution in [2.75, 3.05) is 39.8 Å². The largest absolute Gasteiger partial charge is 0.341 e. The molecular formula is C17H31N3O. The van der Waals surface area contributed by atoms with E-state index >= 15 is 0 Å². The summed E-state index contributed by atoms with van der Waals surface area (Å²) in [6.07, 6.45) is 4.83. The Morgan fingerprint density at radius 2 is 1.81 bits per heavy atom. The molecule has 120 valence electrons. The average Bonchev–Trinajstić information content (AvgIpc) is 2.94. The monoisotopic (exact) mass is 293 g/mol. The van der Waals surface area contributed by atoms with Crippen LogP contribution in [-0.2, 0) is 4.79 Å². The summed E-state index contributed by atoms with van der Waals surface area (Å²) in [4.78, 5) is 20.0. The number of rotatable bonds is 3. The Morgan fingerprint density at radius 3 is 2.57 bits per heavy atom. The van der Waals surface area contributed by atoms with Crippen LogP contribution in [0, 0.1) is 11.8 Å². The highest BCUT2D eigenvalue weighted by Crippen LogP contribution is 2.30. The molecule has 21 heavy (non-hydrogen) atoms. The summed E-state index contributed by atoms with van der Waals surface area (Å²) >= 11 is 0. The van der Waals surface area contributed by atoms with Crippen LogP contribution in [0.3, 0.4) is 0 Å². The van der Waals surface area contributed by atoms with Crippen LogP contribution in [0.2, 0.25) is 0 Å². The lowest BCUT2D eigenvalue weighted by atomic mass is 10.0. The molecule has 3 atom stereocenters. The van der Waals surface area contributed by atoms with Gasteiger partial charge in [0.25, 0.3) is 0 Å². The maximum absolute atomic E-state index is 12.8. The van der Waals surface area contributed by atoms with E-state index in [1.165, 1.54) is 19.3 Å². The minimum atomic E-state index is 0.255. The van der Waals surface area contributed by atoms with Crippen LogP contribution in [0.1, 0.15) is 39.5 Å². The third-order valence-corrected chi connectivity index (χ3v) is 5.71. The molecule has 4 heteroatoms. The quantitative estimate of drug-likeness (QED) is 0.792. The second-order valence-electron chi connectivity index (χ2n) is 7.76. The highest BCUT2D eigenvalue weighted by atomic mass is 16.2. The smallest absolute Gasteiger partial charge is 0.227 e. The zero-order valence-corrected chi connectivity index (χ0v) is 13.9. The third-order valence-electron chi connectivity index (χ3n) is 5.71. The number of nitrogens with zero attached hydrogens (tertiary/aromatic N) is 3. The first kappa shape index (κ1) is 15.3. The summed E-state index contributed by atoms with van der Waals surface area (Å²) in [6.45, 7) is 9.69. The lowest BCUT2D eigenvalue weighted by molar-refractivity contribution is -0.135. The Balaban J connectivity index is 1.56.